The van der Waals surface area contributed by atoms with Gasteiger partial charge in [-0.3, -0.25) is 5.84 Å². The lowest BCUT2D eigenvalue weighted by Gasteiger charge is -2.17. The zero-order valence-corrected chi connectivity index (χ0v) is 10.9. The van der Waals surface area contributed by atoms with Crippen LogP contribution in [0.15, 0.2) is 30.5 Å². The van der Waals surface area contributed by atoms with Crippen LogP contribution in [0.25, 0.3) is 0 Å². The fourth-order valence-corrected chi connectivity index (χ4v) is 2.01. The third-order valence-corrected chi connectivity index (χ3v) is 3.00. The number of aromatic nitrogens is 3. The molecule has 1 aromatic heterocycles. The topological polar surface area (TPSA) is 68.8 Å². The van der Waals surface area contributed by atoms with E-state index in [1.165, 1.54) is 0 Å². The third-order valence-electron chi connectivity index (χ3n) is 2.75. The van der Waals surface area contributed by atoms with Crippen LogP contribution in [0.3, 0.4) is 0 Å². The molecule has 1 aromatic carbocycles. The Bertz CT molecular complexity index is 493. The maximum absolute atomic E-state index is 5.88. The average Bonchev–Trinajstić information content (AvgIpc) is 2.82. The first kappa shape index (κ1) is 13.0. The highest BCUT2D eigenvalue weighted by molar-refractivity contribution is 6.30. The molecule has 18 heavy (non-hydrogen) atoms. The van der Waals surface area contributed by atoms with Crippen LogP contribution in [0.5, 0.6) is 0 Å². The van der Waals surface area contributed by atoms with Crippen LogP contribution in [0.4, 0.5) is 0 Å². The summed E-state index contributed by atoms with van der Waals surface area (Å²) < 4.78 is 1.86. The second-order valence-corrected chi connectivity index (χ2v) is 4.47. The first-order chi connectivity index (χ1) is 8.76. The number of rotatable bonds is 5. The van der Waals surface area contributed by atoms with Crippen molar-refractivity contribution in [2.45, 2.75) is 25.9 Å². The van der Waals surface area contributed by atoms with Crippen molar-refractivity contribution < 1.29 is 0 Å². The van der Waals surface area contributed by atoms with Gasteiger partial charge in [0.2, 0.25) is 0 Å². The second-order valence-electron chi connectivity index (χ2n) is 4.03. The van der Waals surface area contributed by atoms with Crippen molar-refractivity contribution in [3.8, 4) is 0 Å². The van der Waals surface area contributed by atoms with Gasteiger partial charge in [0.1, 0.15) is 0 Å². The van der Waals surface area contributed by atoms with Crippen LogP contribution >= 0.6 is 11.6 Å². The maximum atomic E-state index is 5.88. The van der Waals surface area contributed by atoms with E-state index in [9.17, 15) is 0 Å². The van der Waals surface area contributed by atoms with Crippen LogP contribution in [-0.4, -0.2) is 15.0 Å². The largest absolute Gasteiger partial charge is 0.271 e. The Balaban J connectivity index is 2.32. The summed E-state index contributed by atoms with van der Waals surface area (Å²) in [5, 5.41) is 8.71. The van der Waals surface area contributed by atoms with Crippen LogP contribution in [0.1, 0.15) is 30.6 Å². The van der Waals surface area contributed by atoms with Crippen LogP contribution in [0, 0.1) is 0 Å². The lowest BCUT2D eigenvalue weighted by Crippen LogP contribution is -2.30. The van der Waals surface area contributed by atoms with Gasteiger partial charge in [0.25, 0.3) is 0 Å². The van der Waals surface area contributed by atoms with Gasteiger partial charge >= 0.3 is 0 Å². The Kier molecular flexibility index (Phi) is 4.30. The number of nitrogens with two attached hydrogens (primary N) is 1. The van der Waals surface area contributed by atoms with Gasteiger partial charge in [0.05, 0.1) is 17.9 Å². The number of benzene rings is 1. The molecule has 5 nitrogen and oxygen atoms in total. The van der Waals surface area contributed by atoms with Crippen molar-refractivity contribution in [3.05, 3.63) is 46.7 Å². The Labute approximate surface area is 111 Å². The van der Waals surface area contributed by atoms with Crippen LogP contribution in [0.2, 0.25) is 5.02 Å². The average molecular weight is 266 g/mol. The molecule has 96 valence electrons. The molecule has 0 aliphatic carbocycles. The monoisotopic (exact) mass is 265 g/mol. The highest BCUT2D eigenvalue weighted by atomic mass is 35.5. The molecule has 6 heteroatoms. The minimum Gasteiger partial charge on any atom is -0.271 e. The number of hydrogen-bond donors (Lipinski definition) is 2. The third kappa shape index (κ3) is 2.69. The molecule has 0 fully saturated rings. The number of halogens is 1. The fraction of sp³-hybridized carbons (Fsp3) is 0.333. The molecule has 0 aliphatic rings. The quantitative estimate of drug-likeness (QED) is 0.640. The van der Waals surface area contributed by atoms with E-state index in [-0.39, 0.29) is 6.04 Å². The molecule has 1 heterocycles. The van der Waals surface area contributed by atoms with E-state index in [1.807, 2.05) is 28.9 Å². The normalized spacial score (nSPS) is 12.6. The standard InChI is InChI=1S/C12H16ClN5/c1-2-7-18-11(8-15-17-18)12(16-14)9-3-5-10(13)6-4-9/h3-6,8,12,16H,2,7,14H2,1H3. The summed E-state index contributed by atoms with van der Waals surface area (Å²) in [6.07, 6.45) is 2.73. The van der Waals surface area contributed by atoms with E-state index in [4.69, 9.17) is 17.4 Å². The molecule has 1 atom stereocenters. The molecule has 0 aliphatic heterocycles. The van der Waals surface area contributed by atoms with Gasteiger partial charge in [0.15, 0.2) is 0 Å². The lowest BCUT2D eigenvalue weighted by atomic mass is 10.0. The molecule has 3 N–H and O–H groups in total. The van der Waals surface area contributed by atoms with Crippen LogP contribution < -0.4 is 11.3 Å². The zero-order valence-electron chi connectivity index (χ0n) is 10.2. The first-order valence-electron chi connectivity index (χ1n) is 5.86. The SMILES string of the molecule is CCCn1nncc1C(NN)c1ccc(Cl)cc1. The van der Waals surface area contributed by atoms with Crippen molar-refractivity contribution in [2.24, 2.45) is 5.84 Å². The summed E-state index contributed by atoms with van der Waals surface area (Å²) in [5.41, 5.74) is 4.77. The predicted molar refractivity (Wildman–Crippen MR) is 70.9 cm³/mol. The number of hydrazine groups is 1. The summed E-state index contributed by atoms with van der Waals surface area (Å²) in [4.78, 5) is 0. The van der Waals surface area contributed by atoms with Gasteiger partial charge in [-0.05, 0) is 24.1 Å². The number of aryl methyl sites for hydroxylation is 1. The van der Waals surface area contributed by atoms with Crippen molar-refractivity contribution in [1.29, 1.82) is 0 Å². The number of nitrogens with zero attached hydrogens (tertiary/aromatic N) is 3. The summed E-state index contributed by atoms with van der Waals surface area (Å²) in [5.74, 6) is 5.65. The highest BCUT2D eigenvalue weighted by Crippen LogP contribution is 2.22. The minimum absolute atomic E-state index is 0.135. The van der Waals surface area contributed by atoms with Crippen molar-refractivity contribution in [1.82, 2.24) is 20.4 Å². The summed E-state index contributed by atoms with van der Waals surface area (Å²) in [6, 6.07) is 7.43. The molecule has 0 radical (unpaired) electrons. The van der Waals surface area contributed by atoms with E-state index in [0.29, 0.717) is 5.02 Å². The van der Waals surface area contributed by atoms with Crippen molar-refractivity contribution in [3.63, 3.8) is 0 Å². The molecular formula is C12H16ClN5. The molecule has 2 rings (SSSR count). The lowest BCUT2D eigenvalue weighted by molar-refractivity contribution is 0.512. The van der Waals surface area contributed by atoms with E-state index >= 15 is 0 Å². The Morgan fingerprint density at radius 1 is 1.39 bits per heavy atom. The number of nitrogens with one attached hydrogen (secondary N) is 1. The molecule has 0 saturated heterocycles. The fourth-order valence-electron chi connectivity index (χ4n) is 1.88. The smallest absolute Gasteiger partial charge is 0.0894 e. The minimum atomic E-state index is -0.135. The molecule has 0 spiro atoms. The van der Waals surface area contributed by atoms with Crippen molar-refractivity contribution >= 4 is 11.6 Å². The Morgan fingerprint density at radius 2 is 2.11 bits per heavy atom. The van der Waals surface area contributed by atoms with Gasteiger partial charge in [-0.2, -0.15) is 0 Å². The van der Waals surface area contributed by atoms with E-state index in [1.54, 1.807) is 6.20 Å². The molecule has 1 unspecified atom stereocenters. The molecule has 0 bridgehead atoms. The first-order valence-corrected chi connectivity index (χ1v) is 6.24. The van der Waals surface area contributed by atoms with E-state index in [2.05, 4.69) is 22.7 Å². The zero-order chi connectivity index (χ0) is 13.0. The van der Waals surface area contributed by atoms with Gasteiger partial charge < -0.3 is 0 Å². The van der Waals surface area contributed by atoms with E-state index in [0.717, 1.165) is 24.2 Å². The molecule has 2 aromatic rings. The Hall–Kier alpha value is -1.43. The molecule has 0 amide bonds. The van der Waals surface area contributed by atoms with Crippen LogP contribution in [-0.2, 0) is 6.54 Å². The summed E-state index contributed by atoms with van der Waals surface area (Å²) in [6.45, 7) is 2.92. The van der Waals surface area contributed by atoms with Gasteiger partial charge in [-0.15, -0.1) is 5.10 Å². The molecule has 0 saturated carbocycles. The summed E-state index contributed by atoms with van der Waals surface area (Å²) >= 11 is 5.88. The van der Waals surface area contributed by atoms with Gasteiger partial charge in [-0.25, -0.2) is 10.1 Å². The van der Waals surface area contributed by atoms with Crippen molar-refractivity contribution in [2.75, 3.05) is 0 Å². The number of hydrogen-bond acceptors (Lipinski definition) is 4. The Morgan fingerprint density at radius 3 is 2.72 bits per heavy atom. The maximum Gasteiger partial charge on any atom is 0.0894 e. The highest BCUT2D eigenvalue weighted by Gasteiger charge is 2.17. The van der Waals surface area contributed by atoms with Gasteiger partial charge in [-0.1, -0.05) is 35.9 Å². The summed E-state index contributed by atoms with van der Waals surface area (Å²) in [7, 11) is 0. The van der Waals surface area contributed by atoms with Gasteiger partial charge in [0, 0.05) is 11.6 Å². The molecular weight excluding hydrogens is 250 g/mol. The second kappa shape index (κ2) is 5.95. The van der Waals surface area contributed by atoms with E-state index < -0.39 is 0 Å². The predicted octanol–water partition coefficient (Wildman–Crippen LogP) is 1.89.